The highest BCUT2D eigenvalue weighted by atomic mass is 16.2. The smallest absolute Gasteiger partial charge is 0.323 e. The lowest BCUT2D eigenvalue weighted by atomic mass is 9.98. The molecule has 4 heterocycles. The number of carbonyl (C=O) groups excluding carboxylic acids is 3. The fourth-order valence-electron chi connectivity index (χ4n) is 6.92. The summed E-state index contributed by atoms with van der Waals surface area (Å²) in [5.41, 5.74) is 8.62. The maximum absolute atomic E-state index is 14.0. The number of aryl methyl sites for hydroxylation is 2. The molecule has 4 amide bonds. The van der Waals surface area contributed by atoms with Gasteiger partial charge in [0.2, 0.25) is 5.95 Å². The van der Waals surface area contributed by atoms with Gasteiger partial charge in [0.1, 0.15) is 11.9 Å². The van der Waals surface area contributed by atoms with Crippen molar-refractivity contribution < 1.29 is 14.4 Å². The second-order valence-electron chi connectivity index (χ2n) is 13.9. The molecule has 56 heavy (non-hydrogen) atoms. The number of aliphatic imine (C=N–C) groups is 1. The maximum Gasteiger partial charge on any atom is 0.330 e. The van der Waals surface area contributed by atoms with E-state index in [4.69, 9.17) is 4.99 Å². The van der Waals surface area contributed by atoms with Gasteiger partial charge in [-0.1, -0.05) is 66.7 Å². The van der Waals surface area contributed by atoms with E-state index in [0.717, 1.165) is 39.2 Å². The Balaban J connectivity index is 1.07. The molecule has 2 aliphatic rings. The number of hydrogen-bond donors (Lipinski definition) is 2. The molecule has 2 aliphatic heterocycles. The topological polar surface area (TPSA) is 136 Å². The van der Waals surface area contributed by atoms with Crippen LogP contribution in [0, 0.1) is 13.8 Å². The maximum atomic E-state index is 14.0. The van der Waals surface area contributed by atoms with E-state index in [1.165, 1.54) is 4.90 Å². The molecular weight excluding hydrogens is 703 g/mol. The number of rotatable bonds is 8. The molecule has 0 aliphatic carbocycles. The van der Waals surface area contributed by atoms with E-state index in [1.807, 2.05) is 98.8 Å². The lowest BCUT2D eigenvalue weighted by molar-refractivity contribution is -0.119. The van der Waals surface area contributed by atoms with Gasteiger partial charge in [0, 0.05) is 46.9 Å². The lowest BCUT2D eigenvalue weighted by Crippen LogP contribution is -2.46. The fourth-order valence-corrected chi connectivity index (χ4v) is 6.92. The first-order chi connectivity index (χ1) is 27.1. The van der Waals surface area contributed by atoms with Crippen LogP contribution in [0.4, 0.5) is 39.3 Å². The van der Waals surface area contributed by atoms with Gasteiger partial charge in [-0.3, -0.25) is 29.4 Å². The van der Waals surface area contributed by atoms with E-state index in [9.17, 15) is 14.4 Å². The minimum atomic E-state index is -0.644. The molecule has 2 N–H and O–H groups in total. The number of carbonyl (C=O) groups is 3. The van der Waals surface area contributed by atoms with Gasteiger partial charge in [-0.2, -0.15) is 4.98 Å². The average Bonchev–Trinajstić information content (AvgIpc) is 3.32. The van der Waals surface area contributed by atoms with E-state index in [1.54, 1.807) is 60.4 Å². The zero-order valence-electron chi connectivity index (χ0n) is 31.4. The molecule has 1 atom stereocenters. The molecule has 0 radical (unpaired) electrons. The molecule has 0 saturated carbocycles. The van der Waals surface area contributed by atoms with Crippen molar-refractivity contribution in [3.05, 3.63) is 161 Å². The molecule has 6 aromatic rings. The third-order valence-corrected chi connectivity index (χ3v) is 9.91. The quantitative estimate of drug-likeness (QED) is 0.162. The highest BCUT2D eigenvalue weighted by molar-refractivity contribution is 6.21. The monoisotopic (exact) mass is 741 g/mol. The normalized spacial score (nSPS) is 15.1. The number of hydrogen-bond acceptors (Lipinski definition) is 8. The highest BCUT2D eigenvalue weighted by Crippen LogP contribution is 2.35. The third kappa shape index (κ3) is 7.07. The van der Waals surface area contributed by atoms with Crippen molar-refractivity contribution in [2.45, 2.75) is 39.9 Å². The Morgan fingerprint density at radius 2 is 1.57 bits per heavy atom. The number of benzodiazepines with no additional fused rings is 1. The first-order valence-corrected chi connectivity index (χ1v) is 18.3. The van der Waals surface area contributed by atoms with Crippen molar-refractivity contribution in [1.29, 1.82) is 0 Å². The minimum absolute atomic E-state index is 0.166. The second-order valence-corrected chi connectivity index (χ2v) is 13.9. The molecule has 8 rings (SSSR count). The molecule has 0 unspecified atom stereocenters. The van der Waals surface area contributed by atoms with Gasteiger partial charge in [-0.05, 0) is 74.4 Å². The predicted octanol–water partition coefficient (Wildman–Crippen LogP) is 7.83. The third-order valence-electron chi connectivity index (χ3n) is 9.91. The number of benzene rings is 4. The van der Waals surface area contributed by atoms with E-state index < -0.39 is 6.04 Å². The molecule has 12 heteroatoms. The second kappa shape index (κ2) is 14.9. The largest absolute Gasteiger partial charge is 0.330 e. The van der Waals surface area contributed by atoms with Crippen LogP contribution in [0.3, 0.4) is 0 Å². The summed E-state index contributed by atoms with van der Waals surface area (Å²) in [6, 6.07) is 33.2. The summed E-state index contributed by atoms with van der Waals surface area (Å²) in [4.78, 5) is 65.0. The summed E-state index contributed by atoms with van der Waals surface area (Å²) < 4.78 is 0. The van der Waals surface area contributed by atoms with Crippen LogP contribution in [0.2, 0.25) is 0 Å². The molecule has 278 valence electrons. The van der Waals surface area contributed by atoms with Gasteiger partial charge in [-0.15, -0.1) is 0 Å². The number of pyridine rings is 1. The number of fused-ring (bicyclic) bond motifs is 2. The van der Waals surface area contributed by atoms with Crippen LogP contribution in [-0.2, 0) is 17.9 Å². The van der Waals surface area contributed by atoms with Gasteiger partial charge < -0.3 is 15.5 Å². The Morgan fingerprint density at radius 3 is 2.32 bits per heavy atom. The molecule has 12 nitrogen and oxygen atoms in total. The van der Waals surface area contributed by atoms with Gasteiger partial charge in [-0.25, -0.2) is 9.78 Å². The van der Waals surface area contributed by atoms with Crippen molar-refractivity contribution >= 4 is 58.1 Å². The fraction of sp³-hybridized carbons (Fsp3) is 0.159. The average molecular weight is 742 g/mol. The van der Waals surface area contributed by atoms with Crippen LogP contribution in [-0.4, -0.2) is 51.6 Å². The minimum Gasteiger partial charge on any atom is -0.323 e. The summed E-state index contributed by atoms with van der Waals surface area (Å²) in [6.45, 7) is 6.18. The number of aromatic nitrogens is 3. The lowest BCUT2D eigenvalue weighted by Gasteiger charge is -2.35. The summed E-state index contributed by atoms with van der Waals surface area (Å²) in [5.74, 6) is 0.325. The SMILES string of the molecule is Cc1ccc(Nc2ncc3c(n2)N(C)C(=O)N(c2cc(NC(=O)c4ccc5c(c4)N(Cc4ccccc4)C(=O)[C@H](C)N=C5c4ccccc4)ccc2C)C3)cn1. The number of amides is 4. The summed E-state index contributed by atoms with van der Waals surface area (Å²) in [5, 5.41) is 6.18. The van der Waals surface area contributed by atoms with Crippen molar-refractivity contribution in [3.63, 3.8) is 0 Å². The Morgan fingerprint density at radius 1 is 0.821 bits per heavy atom. The number of urea groups is 1. The number of nitrogens with zero attached hydrogens (tertiary/aromatic N) is 7. The molecule has 0 saturated heterocycles. The van der Waals surface area contributed by atoms with E-state index in [2.05, 4.69) is 25.6 Å². The highest BCUT2D eigenvalue weighted by Gasteiger charge is 2.33. The van der Waals surface area contributed by atoms with Crippen LogP contribution in [0.1, 0.15) is 50.8 Å². The van der Waals surface area contributed by atoms with Crippen molar-refractivity contribution in [1.82, 2.24) is 15.0 Å². The van der Waals surface area contributed by atoms with Crippen LogP contribution in [0.25, 0.3) is 0 Å². The molecule has 0 spiro atoms. The van der Waals surface area contributed by atoms with Crippen LogP contribution in [0.15, 0.2) is 127 Å². The van der Waals surface area contributed by atoms with E-state index in [-0.39, 0.29) is 24.4 Å². The van der Waals surface area contributed by atoms with Crippen LogP contribution in [0.5, 0.6) is 0 Å². The van der Waals surface area contributed by atoms with Crippen molar-refractivity contribution in [2.24, 2.45) is 4.99 Å². The number of nitrogens with one attached hydrogen (secondary N) is 2. The standard InChI is InChI=1S/C44H39N9O3/c1-27-15-18-34(22-37(27)53-26-33-23-46-43(50-40(33)51(4)44(53)56)49-35-19-16-28(2)45-24-35)48-41(54)32-17-20-36-38(21-32)52(25-30-11-7-5-8-12-30)42(55)29(3)47-39(36)31-13-9-6-10-14-31/h5-24,29H,25-26H2,1-4H3,(H,48,54)(H,46,49,50)/t29-/m0/s1. The molecule has 4 aromatic carbocycles. The van der Waals surface area contributed by atoms with Crippen LogP contribution < -0.4 is 25.3 Å². The van der Waals surface area contributed by atoms with Crippen molar-refractivity contribution in [2.75, 3.05) is 32.4 Å². The van der Waals surface area contributed by atoms with E-state index in [0.29, 0.717) is 46.6 Å². The zero-order valence-corrected chi connectivity index (χ0v) is 31.4. The van der Waals surface area contributed by atoms with Gasteiger partial charge in [0.15, 0.2) is 0 Å². The van der Waals surface area contributed by atoms with Gasteiger partial charge in [0.05, 0.1) is 42.1 Å². The number of anilines is 6. The Hall–Kier alpha value is -7.21. The Bertz CT molecular complexity index is 2510. The summed E-state index contributed by atoms with van der Waals surface area (Å²) >= 11 is 0. The zero-order chi connectivity index (χ0) is 38.9. The molecule has 0 fully saturated rings. The van der Waals surface area contributed by atoms with Crippen molar-refractivity contribution in [3.8, 4) is 0 Å². The summed E-state index contributed by atoms with van der Waals surface area (Å²) in [7, 11) is 1.68. The molecule has 2 aromatic heterocycles. The molecular formula is C44H39N9O3. The Labute approximate surface area is 324 Å². The van der Waals surface area contributed by atoms with Gasteiger partial charge >= 0.3 is 6.03 Å². The first kappa shape index (κ1) is 35.8. The summed E-state index contributed by atoms with van der Waals surface area (Å²) in [6.07, 6.45) is 3.41. The Kier molecular flexibility index (Phi) is 9.53. The molecule has 0 bridgehead atoms. The van der Waals surface area contributed by atoms with Gasteiger partial charge in [0.25, 0.3) is 11.8 Å². The van der Waals surface area contributed by atoms with E-state index >= 15 is 0 Å². The van der Waals surface area contributed by atoms with Crippen LogP contribution >= 0.6 is 0 Å². The first-order valence-electron chi connectivity index (χ1n) is 18.3. The predicted molar refractivity (Wildman–Crippen MR) is 219 cm³/mol.